The minimum Gasteiger partial charge on any atom is -0.0587 e. The van der Waals surface area contributed by atoms with Gasteiger partial charge >= 0.3 is 0 Å². The molecule has 0 atom stereocenters. The van der Waals surface area contributed by atoms with Crippen molar-refractivity contribution < 1.29 is 0 Å². The maximum absolute atomic E-state index is 2.49. The first-order valence-electron chi connectivity index (χ1n) is 6.75. The van der Waals surface area contributed by atoms with Crippen molar-refractivity contribution in [1.82, 2.24) is 0 Å². The fourth-order valence-electron chi connectivity index (χ4n) is 2.82. The third kappa shape index (κ3) is 2.16. The summed E-state index contributed by atoms with van der Waals surface area (Å²) in [6.45, 7) is 9.26. The molecule has 0 heterocycles. The van der Waals surface area contributed by atoms with Crippen LogP contribution in [0.25, 0.3) is 0 Å². The highest BCUT2D eigenvalue weighted by Crippen LogP contribution is 2.32. The van der Waals surface area contributed by atoms with Crippen LogP contribution in [0.15, 0.2) is 12.1 Å². The quantitative estimate of drug-likeness (QED) is 0.665. The summed E-state index contributed by atoms with van der Waals surface area (Å²) in [6.07, 6.45) is 5.36. The van der Waals surface area contributed by atoms with Crippen molar-refractivity contribution in [3.05, 3.63) is 34.4 Å². The zero-order chi connectivity index (χ0) is 11.7. The summed E-state index contributed by atoms with van der Waals surface area (Å²) in [4.78, 5) is 0. The summed E-state index contributed by atoms with van der Waals surface area (Å²) in [7, 11) is 0. The first-order valence-corrected chi connectivity index (χ1v) is 6.75. The average Bonchev–Trinajstić information content (AvgIpc) is 2.27. The minimum atomic E-state index is 0.657. The summed E-state index contributed by atoms with van der Waals surface area (Å²) < 4.78 is 0. The summed E-state index contributed by atoms with van der Waals surface area (Å²) >= 11 is 0. The van der Waals surface area contributed by atoms with Crippen LogP contribution in [-0.4, -0.2) is 0 Å². The van der Waals surface area contributed by atoms with E-state index < -0.39 is 0 Å². The van der Waals surface area contributed by atoms with E-state index in [2.05, 4.69) is 39.8 Å². The largest absolute Gasteiger partial charge is 0.0587 e. The molecule has 1 aliphatic rings. The molecule has 16 heavy (non-hydrogen) atoms. The van der Waals surface area contributed by atoms with E-state index in [9.17, 15) is 0 Å². The molecule has 0 unspecified atom stereocenters. The van der Waals surface area contributed by atoms with Crippen molar-refractivity contribution in [2.24, 2.45) is 0 Å². The molecule has 0 nitrogen and oxygen atoms in total. The average molecular weight is 216 g/mol. The van der Waals surface area contributed by atoms with E-state index in [0.717, 1.165) is 0 Å². The molecule has 88 valence electrons. The molecular weight excluding hydrogens is 192 g/mol. The van der Waals surface area contributed by atoms with E-state index >= 15 is 0 Å². The number of hydrogen-bond donors (Lipinski definition) is 0. The highest BCUT2D eigenvalue weighted by atomic mass is 14.2. The van der Waals surface area contributed by atoms with Gasteiger partial charge in [0.25, 0.3) is 0 Å². The molecule has 0 radical (unpaired) electrons. The van der Waals surface area contributed by atoms with Crippen LogP contribution in [0.1, 0.15) is 74.6 Å². The van der Waals surface area contributed by atoms with Gasteiger partial charge in [0.2, 0.25) is 0 Å². The van der Waals surface area contributed by atoms with Crippen molar-refractivity contribution in [2.75, 3.05) is 0 Å². The second-order valence-corrected chi connectivity index (χ2v) is 5.77. The van der Waals surface area contributed by atoms with Crippen LogP contribution < -0.4 is 0 Å². The second kappa shape index (κ2) is 4.61. The van der Waals surface area contributed by atoms with E-state index in [1.807, 2.05) is 0 Å². The summed E-state index contributed by atoms with van der Waals surface area (Å²) in [6, 6.07) is 4.99. The standard InChI is InChI=1S/C16H24/c1-11(2)15-9-13-7-5-6-8-14(13)10-16(15)12(3)4/h9-12H,5-8H2,1-4H3. The van der Waals surface area contributed by atoms with Gasteiger partial charge in [-0.25, -0.2) is 0 Å². The van der Waals surface area contributed by atoms with Crippen LogP contribution in [0.2, 0.25) is 0 Å². The Kier molecular flexibility index (Phi) is 3.37. The Morgan fingerprint density at radius 2 is 1.12 bits per heavy atom. The first-order chi connectivity index (χ1) is 7.59. The Labute approximate surface area is 100 Å². The number of hydrogen-bond acceptors (Lipinski definition) is 0. The zero-order valence-electron chi connectivity index (χ0n) is 11.1. The molecule has 0 heteroatoms. The van der Waals surface area contributed by atoms with Crippen LogP contribution in [0.5, 0.6) is 0 Å². The smallest absolute Gasteiger partial charge is 0.0216 e. The lowest BCUT2D eigenvalue weighted by atomic mass is 9.82. The Balaban J connectivity index is 2.50. The van der Waals surface area contributed by atoms with E-state index in [1.165, 1.54) is 25.7 Å². The van der Waals surface area contributed by atoms with Gasteiger partial charge in [-0.3, -0.25) is 0 Å². The molecule has 0 aromatic heterocycles. The normalized spacial score (nSPS) is 15.6. The molecule has 0 aliphatic heterocycles. The van der Waals surface area contributed by atoms with E-state index in [1.54, 1.807) is 22.3 Å². The fourth-order valence-corrected chi connectivity index (χ4v) is 2.82. The number of fused-ring (bicyclic) bond motifs is 1. The molecule has 0 amide bonds. The van der Waals surface area contributed by atoms with Crippen molar-refractivity contribution >= 4 is 0 Å². The van der Waals surface area contributed by atoms with Crippen LogP contribution in [0.3, 0.4) is 0 Å². The van der Waals surface area contributed by atoms with Crippen molar-refractivity contribution in [3.8, 4) is 0 Å². The van der Waals surface area contributed by atoms with Gasteiger partial charge in [-0.15, -0.1) is 0 Å². The fraction of sp³-hybridized carbons (Fsp3) is 0.625. The molecule has 0 bridgehead atoms. The maximum Gasteiger partial charge on any atom is -0.0216 e. The van der Waals surface area contributed by atoms with Gasteiger partial charge in [-0.2, -0.15) is 0 Å². The maximum atomic E-state index is 2.49. The van der Waals surface area contributed by atoms with Gasteiger partial charge in [0.15, 0.2) is 0 Å². The number of aryl methyl sites for hydroxylation is 2. The molecule has 2 rings (SSSR count). The van der Waals surface area contributed by atoms with Crippen LogP contribution in [-0.2, 0) is 12.8 Å². The van der Waals surface area contributed by atoms with E-state index in [0.29, 0.717) is 11.8 Å². The van der Waals surface area contributed by atoms with E-state index in [-0.39, 0.29) is 0 Å². The highest BCUT2D eigenvalue weighted by molar-refractivity contribution is 5.42. The van der Waals surface area contributed by atoms with Crippen molar-refractivity contribution in [2.45, 2.75) is 65.2 Å². The van der Waals surface area contributed by atoms with Gasteiger partial charge in [-0.05, 0) is 59.8 Å². The van der Waals surface area contributed by atoms with Crippen LogP contribution in [0.4, 0.5) is 0 Å². The molecule has 0 saturated carbocycles. The Bertz CT molecular complexity index is 335. The van der Waals surface area contributed by atoms with Gasteiger partial charge in [0.05, 0.1) is 0 Å². The lowest BCUT2D eigenvalue weighted by molar-refractivity contribution is 0.676. The Hall–Kier alpha value is -0.780. The molecule has 0 spiro atoms. The van der Waals surface area contributed by atoms with Gasteiger partial charge in [0.1, 0.15) is 0 Å². The van der Waals surface area contributed by atoms with Gasteiger partial charge in [0, 0.05) is 0 Å². The Morgan fingerprint density at radius 1 is 0.750 bits per heavy atom. The summed E-state index contributed by atoms with van der Waals surface area (Å²) in [5.74, 6) is 1.31. The van der Waals surface area contributed by atoms with Gasteiger partial charge in [-0.1, -0.05) is 39.8 Å². The van der Waals surface area contributed by atoms with Crippen LogP contribution >= 0.6 is 0 Å². The van der Waals surface area contributed by atoms with Gasteiger partial charge < -0.3 is 0 Å². The second-order valence-electron chi connectivity index (χ2n) is 5.77. The minimum absolute atomic E-state index is 0.657. The zero-order valence-corrected chi connectivity index (χ0v) is 11.1. The molecule has 0 saturated heterocycles. The molecule has 0 fully saturated rings. The van der Waals surface area contributed by atoms with Crippen LogP contribution in [0, 0.1) is 0 Å². The molecule has 1 aliphatic carbocycles. The first kappa shape index (κ1) is 11.7. The van der Waals surface area contributed by atoms with Crippen molar-refractivity contribution in [1.29, 1.82) is 0 Å². The summed E-state index contributed by atoms with van der Waals surface area (Å²) in [5, 5.41) is 0. The lowest BCUT2D eigenvalue weighted by Crippen LogP contribution is -2.08. The molecular formula is C16H24. The monoisotopic (exact) mass is 216 g/mol. The molecule has 0 N–H and O–H groups in total. The number of benzene rings is 1. The highest BCUT2D eigenvalue weighted by Gasteiger charge is 2.16. The van der Waals surface area contributed by atoms with Crippen molar-refractivity contribution in [3.63, 3.8) is 0 Å². The lowest BCUT2D eigenvalue weighted by Gasteiger charge is -2.23. The predicted octanol–water partition coefficient (Wildman–Crippen LogP) is 4.81. The molecule has 1 aromatic rings. The van der Waals surface area contributed by atoms with E-state index in [4.69, 9.17) is 0 Å². The summed E-state index contributed by atoms with van der Waals surface area (Å²) in [5.41, 5.74) is 6.41. The Morgan fingerprint density at radius 3 is 1.44 bits per heavy atom. The third-order valence-electron chi connectivity index (χ3n) is 3.79. The predicted molar refractivity (Wildman–Crippen MR) is 71.3 cm³/mol. The number of rotatable bonds is 2. The molecule has 1 aromatic carbocycles. The topological polar surface area (TPSA) is 0 Å². The third-order valence-corrected chi connectivity index (χ3v) is 3.79. The SMILES string of the molecule is CC(C)c1cc2c(cc1C(C)C)CCCC2.